The molecule has 4 nitrogen and oxygen atoms in total. The molecule has 1 fully saturated rings. The van der Waals surface area contributed by atoms with Crippen molar-refractivity contribution in [3.8, 4) is 5.75 Å². The zero-order valence-corrected chi connectivity index (χ0v) is 14.0. The molecule has 2 aliphatic rings. The average Bonchev–Trinajstić information content (AvgIpc) is 3.30. The number of methoxy groups -OCH3 is 1. The van der Waals surface area contributed by atoms with E-state index < -0.39 is 0 Å². The number of benzene rings is 1. The minimum Gasteiger partial charge on any atom is -0.497 e. The van der Waals surface area contributed by atoms with E-state index in [-0.39, 0.29) is 5.91 Å². The molecule has 1 aromatic carbocycles. The number of hydrogen-bond donors (Lipinski definition) is 0. The first-order valence-corrected chi connectivity index (χ1v) is 8.74. The van der Waals surface area contributed by atoms with Gasteiger partial charge in [0, 0.05) is 13.1 Å². The third-order valence-corrected chi connectivity index (χ3v) is 5.64. The molecule has 24 heavy (non-hydrogen) atoms. The SMILES string of the molecule is COc1ccc2c(c1)C(C1CCN(C(=O)c3ccoc3)CC1)CC2. The average molecular weight is 325 g/mol. The van der Waals surface area contributed by atoms with E-state index in [1.54, 1.807) is 19.4 Å². The molecule has 2 heterocycles. The third-order valence-electron chi connectivity index (χ3n) is 5.64. The van der Waals surface area contributed by atoms with Gasteiger partial charge in [0.25, 0.3) is 5.91 Å². The predicted molar refractivity (Wildman–Crippen MR) is 91.4 cm³/mol. The van der Waals surface area contributed by atoms with Gasteiger partial charge in [-0.15, -0.1) is 0 Å². The zero-order valence-electron chi connectivity index (χ0n) is 14.0. The van der Waals surface area contributed by atoms with Gasteiger partial charge in [0.05, 0.1) is 18.9 Å². The van der Waals surface area contributed by atoms with Crippen molar-refractivity contribution < 1.29 is 13.9 Å². The van der Waals surface area contributed by atoms with Crippen LogP contribution >= 0.6 is 0 Å². The van der Waals surface area contributed by atoms with Crippen molar-refractivity contribution in [3.63, 3.8) is 0 Å². The topological polar surface area (TPSA) is 42.7 Å². The fourth-order valence-corrected chi connectivity index (χ4v) is 4.30. The summed E-state index contributed by atoms with van der Waals surface area (Å²) in [7, 11) is 1.73. The number of carbonyl (C=O) groups is 1. The minimum atomic E-state index is 0.0932. The van der Waals surface area contributed by atoms with Crippen molar-refractivity contribution >= 4 is 5.91 Å². The summed E-state index contributed by atoms with van der Waals surface area (Å²) in [6.45, 7) is 1.68. The number of aryl methyl sites for hydroxylation is 1. The number of fused-ring (bicyclic) bond motifs is 1. The van der Waals surface area contributed by atoms with E-state index in [4.69, 9.17) is 9.15 Å². The summed E-state index contributed by atoms with van der Waals surface area (Å²) in [5, 5.41) is 0. The molecule has 1 aromatic heterocycles. The summed E-state index contributed by atoms with van der Waals surface area (Å²) < 4.78 is 10.4. The lowest BCUT2D eigenvalue weighted by Gasteiger charge is -2.35. The molecule has 0 bridgehead atoms. The summed E-state index contributed by atoms with van der Waals surface area (Å²) >= 11 is 0. The lowest BCUT2D eigenvalue weighted by molar-refractivity contribution is 0.0677. The van der Waals surface area contributed by atoms with Gasteiger partial charge in [-0.3, -0.25) is 4.79 Å². The monoisotopic (exact) mass is 325 g/mol. The van der Waals surface area contributed by atoms with E-state index in [0.717, 1.165) is 38.1 Å². The van der Waals surface area contributed by atoms with Crippen LogP contribution in [0.5, 0.6) is 5.75 Å². The maximum absolute atomic E-state index is 12.4. The number of hydrogen-bond acceptors (Lipinski definition) is 3. The summed E-state index contributed by atoms with van der Waals surface area (Å²) in [5.41, 5.74) is 3.59. The molecular weight excluding hydrogens is 302 g/mol. The molecule has 4 heteroatoms. The Kier molecular flexibility index (Phi) is 4.05. The smallest absolute Gasteiger partial charge is 0.257 e. The maximum atomic E-state index is 12.4. The van der Waals surface area contributed by atoms with Gasteiger partial charge in [-0.2, -0.15) is 0 Å². The molecule has 4 rings (SSSR count). The van der Waals surface area contributed by atoms with Crippen molar-refractivity contribution in [1.29, 1.82) is 0 Å². The largest absolute Gasteiger partial charge is 0.497 e. The minimum absolute atomic E-state index is 0.0932. The van der Waals surface area contributed by atoms with Gasteiger partial charge in [-0.05, 0) is 66.8 Å². The van der Waals surface area contributed by atoms with E-state index in [2.05, 4.69) is 18.2 Å². The molecule has 1 unspecified atom stereocenters. The summed E-state index contributed by atoms with van der Waals surface area (Å²) in [6.07, 6.45) is 7.63. The second-order valence-corrected chi connectivity index (χ2v) is 6.85. The Morgan fingerprint density at radius 3 is 2.75 bits per heavy atom. The Hall–Kier alpha value is -2.23. The van der Waals surface area contributed by atoms with Crippen molar-refractivity contribution in [2.75, 3.05) is 20.2 Å². The van der Waals surface area contributed by atoms with E-state index in [9.17, 15) is 4.79 Å². The summed E-state index contributed by atoms with van der Waals surface area (Å²) in [4.78, 5) is 14.4. The lowest BCUT2D eigenvalue weighted by Crippen LogP contribution is -2.39. The molecule has 0 N–H and O–H groups in total. The number of likely N-dealkylation sites (tertiary alicyclic amines) is 1. The Labute approximate surface area is 142 Å². The normalized spacial score (nSPS) is 20.9. The first-order chi connectivity index (χ1) is 11.8. The van der Waals surface area contributed by atoms with Crippen LogP contribution in [0.15, 0.2) is 41.2 Å². The Balaban J connectivity index is 1.43. The highest BCUT2D eigenvalue weighted by Crippen LogP contribution is 2.43. The molecule has 0 saturated carbocycles. The van der Waals surface area contributed by atoms with Crippen LogP contribution in [-0.4, -0.2) is 31.0 Å². The fourth-order valence-electron chi connectivity index (χ4n) is 4.30. The second kappa shape index (κ2) is 6.34. The van der Waals surface area contributed by atoms with Gasteiger partial charge in [-0.25, -0.2) is 0 Å². The number of rotatable bonds is 3. The van der Waals surface area contributed by atoms with Crippen LogP contribution in [0, 0.1) is 5.92 Å². The molecule has 2 aromatic rings. The molecule has 1 atom stereocenters. The molecule has 0 spiro atoms. The van der Waals surface area contributed by atoms with Crippen molar-refractivity contribution in [2.45, 2.75) is 31.6 Å². The summed E-state index contributed by atoms with van der Waals surface area (Å²) in [5.74, 6) is 2.32. The van der Waals surface area contributed by atoms with Gasteiger partial charge >= 0.3 is 0 Å². The molecule has 1 aliphatic heterocycles. The van der Waals surface area contributed by atoms with Crippen molar-refractivity contribution in [3.05, 3.63) is 53.5 Å². The first kappa shape index (κ1) is 15.3. The Morgan fingerprint density at radius 2 is 2.04 bits per heavy atom. The van der Waals surface area contributed by atoms with E-state index in [1.807, 2.05) is 4.90 Å². The Bertz CT molecular complexity index is 714. The molecule has 1 saturated heterocycles. The Morgan fingerprint density at radius 1 is 1.21 bits per heavy atom. The standard InChI is InChI=1S/C20H23NO3/c1-23-17-4-2-14-3-5-18(19(14)12-17)15-6-9-21(10-7-15)20(22)16-8-11-24-13-16/h2,4,8,11-13,15,18H,3,5-7,9-10H2,1H3. The summed E-state index contributed by atoms with van der Waals surface area (Å²) in [6, 6.07) is 8.24. The number of furan rings is 1. The fraction of sp³-hybridized carbons (Fsp3) is 0.450. The van der Waals surface area contributed by atoms with Crippen LogP contribution in [0.2, 0.25) is 0 Å². The molecule has 1 aliphatic carbocycles. The number of nitrogens with zero attached hydrogens (tertiary/aromatic N) is 1. The van der Waals surface area contributed by atoms with Crippen molar-refractivity contribution in [1.82, 2.24) is 4.90 Å². The molecule has 1 amide bonds. The lowest BCUT2D eigenvalue weighted by atomic mass is 9.81. The van der Waals surface area contributed by atoms with Gasteiger partial charge in [-0.1, -0.05) is 6.07 Å². The van der Waals surface area contributed by atoms with E-state index in [0.29, 0.717) is 17.4 Å². The highest BCUT2D eigenvalue weighted by molar-refractivity contribution is 5.93. The van der Waals surface area contributed by atoms with Crippen LogP contribution < -0.4 is 4.74 Å². The van der Waals surface area contributed by atoms with Crippen LogP contribution in [0.3, 0.4) is 0 Å². The number of ether oxygens (including phenoxy) is 1. The van der Waals surface area contributed by atoms with E-state index in [1.165, 1.54) is 23.8 Å². The third kappa shape index (κ3) is 2.70. The van der Waals surface area contributed by atoms with Crippen LogP contribution in [0.4, 0.5) is 0 Å². The first-order valence-electron chi connectivity index (χ1n) is 8.74. The number of carbonyl (C=O) groups excluding carboxylic acids is 1. The van der Waals surface area contributed by atoms with Gasteiger partial charge in [0.1, 0.15) is 12.0 Å². The number of amides is 1. The molecular formula is C20H23NO3. The molecule has 126 valence electrons. The molecule has 0 radical (unpaired) electrons. The highest BCUT2D eigenvalue weighted by Gasteiger charge is 2.33. The van der Waals surface area contributed by atoms with Crippen molar-refractivity contribution in [2.24, 2.45) is 5.92 Å². The highest BCUT2D eigenvalue weighted by atomic mass is 16.5. The van der Waals surface area contributed by atoms with Crippen LogP contribution in [-0.2, 0) is 6.42 Å². The van der Waals surface area contributed by atoms with E-state index >= 15 is 0 Å². The van der Waals surface area contributed by atoms with Gasteiger partial charge in [0.2, 0.25) is 0 Å². The zero-order chi connectivity index (χ0) is 16.5. The van der Waals surface area contributed by atoms with Gasteiger partial charge < -0.3 is 14.1 Å². The second-order valence-electron chi connectivity index (χ2n) is 6.85. The maximum Gasteiger partial charge on any atom is 0.257 e. The van der Waals surface area contributed by atoms with Crippen LogP contribution in [0.1, 0.15) is 46.7 Å². The predicted octanol–water partition coefficient (Wildman–Crippen LogP) is 3.87. The quantitative estimate of drug-likeness (QED) is 0.860. The van der Waals surface area contributed by atoms with Crippen LogP contribution in [0.25, 0.3) is 0 Å². The number of piperidine rings is 1. The van der Waals surface area contributed by atoms with Gasteiger partial charge in [0.15, 0.2) is 0 Å².